The molecule has 2 aromatic carbocycles. The summed E-state index contributed by atoms with van der Waals surface area (Å²) in [5, 5.41) is 3.17. The fourth-order valence-corrected chi connectivity index (χ4v) is 2.62. The second-order valence-electron chi connectivity index (χ2n) is 5.70. The number of halogens is 4. The van der Waals surface area contributed by atoms with Crippen LogP contribution in [0.5, 0.6) is 11.5 Å². The lowest BCUT2D eigenvalue weighted by molar-refractivity contribution is -0.137. The highest BCUT2D eigenvalue weighted by atomic mass is 35.5. The molecular weight excluding hydrogens is 369 g/mol. The number of amides is 1. The van der Waals surface area contributed by atoms with Crippen LogP contribution in [0.1, 0.15) is 15.9 Å². The average molecular weight is 387 g/mol. The number of nitrogens with zero attached hydrogens (tertiary/aromatic N) is 1. The minimum atomic E-state index is -4.43. The van der Waals surface area contributed by atoms with Gasteiger partial charge in [0.05, 0.1) is 5.56 Å². The van der Waals surface area contributed by atoms with E-state index in [1.807, 2.05) is 0 Å². The number of carbonyl (C=O) groups excluding carboxylic acids is 1. The molecule has 140 valence electrons. The zero-order chi connectivity index (χ0) is 17.9. The van der Waals surface area contributed by atoms with Crippen LogP contribution in [-0.4, -0.2) is 37.0 Å². The molecule has 0 atom stereocenters. The van der Waals surface area contributed by atoms with E-state index in [-0.39, 0.29) is 24.1 Å². The third kappa shape index (κ3) is 4.89. The molecule has 1 N–H and O–H groups in total. The highest BCUT2D eigenvalue weighted by Gasteiger charge is 2.30. The molecule has 4 nitrogen and oxygen atoms in total. The molecule has 2 aromatic rings. The Balaban J connectivity index is 0.00000243. The molecule has 1 aliphatic heterocycles. The molecule has 1 saturated heterocycles. The summed E-state index contributed by atoms with van der Waals surface area (Å²) in [5.74, 6) is 0.276. The number of rotatable bonds is 3. The number of carbonyl (C=O) groups is 1. The fraction of sp³-hybridized carbons (Fsp3) is 0.278. The van der Waals surface area contributed by atoms with Gasteiger partial charge in [-0.25, -0.2) is 0 Å². The smallest absolute Gasteiger partial charge is 0.416 e. The molecule has 1 heterocycles. The molecule has 1 aliphatic rings. The van der Waals surface area contributed by atoms with Gasteiger partial charge in [0.1, 0.15) is 11.5 Å². The molecule has 0 unspecified atom stereocenters. The first-order chi connectivity index (χ1) is 11.9. The third-order valence-electron chi connectivity index (χ3n) is 3.88. The van der Waals surface area contributed by atoms with Gasteiger partial charge < -0.3 is 15.0 Å². The lowest BCUT2D eigenvalue weighted by atomic mass is 10.1. The summed E-state index contributed by atoms with van der Waals surface area (Å²) in [6.07, 6.45) is -4.43. The number of alkyl halides is 3. The van der Waals surface area contributed by atoms with Crippen molar-refractivity contribution in [2.24, 2.45) is 0 Å². The zero-order valence-corrected chi connectivity index (χ0v) is 14.6. The lowest BCUT2D eigenvalue weighted by Crippen LogP contribution is -2.46. The normalized spacial score (nSPS) is 14.5. The maximum absolute atomic E-state index is 12.8. The summed E-state index contributed by atoms with van der Waals surface area (Å²) in [7, 11) is 0. The van der Waals surface area contributed by atoms with Crippen molar-refractivity contribution in [1.29, 1.82) is 0 Å². The SMILES string of the molecule is Cl.O=C(c1cccc(Oc2cccc(C(F)(F)F)c2)c1)N1CCNCC1. The number of benzene rings is 2. The van der Waals surface area contributed by atoms with Crippen molar-refractivity contribution in [1.82, 2.24) is 10.2 Å². The predicted octanol–water partition coefficient (Wildman–Crippen LogP) is 3.96. The maximum Gasteiger partial charge on any atom is 0.416 e. The monoisotopic (exact) mass is 386 g/mol. The van der Waals surface area contributed by atoms with Gasteiger partial charge in [-0.1, -0.05) is 12.1 Å². The Morgan fingerprint density at radius 3 is 2.27 bits per heavy atom. The van der Waals surface area contributed by atoms with Gasteiger partial charge in [-0.3, -0.25) is 4.79 Å². The van der Waals surface area contributed by atoms with Gasteiger partial charge in [-0.2, -0.15) is 13.2 Å². The van der Waals surface area contributed by atoms with Crippen molar-refractivity contribution < 1.29 is 22.7 Å². The van der Waals surface area contributed by atoms with Gasteiger partial charge in [0.25, 0.3) is 5.91 Å². The van der Waals surface area contributed by atoms with Crippen LogP contribution in [0.2, 0.25) is 0 Å². The summed E-state index contributed by atoms with van der Waals surface area (Å²) in [4.78, 5) is 14.2. The minimum Gasteiger partial charge on any atom is -0.457 e. The van der Waals surface area contributed by atoms with Gasteiger partial charge in [0.15, 0.2) is 0 Å². The van der Waals surface area contributed by atoms with Crippen LogP contribution < -0.4 is 10.1 Å². The Morgan fingerprint density at radius 2 is 1.62 bits per heavy atom. The maximum atomic E-state index is 12.8. The van der Waals surface area contributed by atoms with Crippen molar-refractivity contribution in [3.63, 3.8) is 0 Å². The van der Waals surface area contributed by atoms with Crippen LogP contribution in [0.15, 0.2) is 48.5 Å². The van der Waals surface area contributed by atoms with E-state index in [9.17, 15) is 18.0 Å². The third-order valence-corrected chi connectivity index (χ3v) is 3.88. The quantitative estimate of drug-likeness (QED) is 0.868. The number of ether oxygens (including phenoxy) is 1. The molecule has 0 spiro atoms. The second-order valence-corrected chi connectivity index (χ2v) is 5.70. The van der Waals surface area contributed by atoms with Crippen LogP contribution in [-0.2, 0) is 6.18 Å². The van der Waals surface area contributed by atoms with Gasteiger partial charge in [-0.05, 0) is 36.4 Å². The molecule has 0 saturated carbocycles. The largest absolute Gasteiger partial charge is 0.457 e. The van der Waals surface area contributed by atoms with Crippen LogP contribution in [0.3, 0.4) is 0 Å². The Hall–Kier alpha value is -2.25. The number of hydrogen-bond donors (Lipinski definition) is 1. The Bertz CT molecular complexity index is 762. The van der Waals surface area contributed by atoms with Gasteiger partial charge in [-0.15, -0.1) is 12.4 Å². The highest BCUT2D eigenvalue weighted by molar-refractivity contribution is 5.94. The van der Waals surface area contributed by atoms with Crippen molar-refractivity contribution in [3.05, 3.63) is 59.7 Å². The Kier molecular flexibility index (Phi) is 6.50. The van der Waals surface area contributed by atoms with E-state index in [1.54, 1.807) is 29.2 Å². The van der Waals surface area contributed by atoms with Gasteiger partial charge in [0, 0.05) is 31.7 Å². The van der Waals surface area contributed by atoms with E-state index in [0.29, 0.717) is 24.4 Å². The lowest BCUT2D eigenvalue weighted by Gasteiger charge is -2.27. The minimum absolute atomic E-state index is 0. The number of nitrogens with one attached hydrogen (secondary N) is 1. The summed E-state index contributed by atoms with van der Waals surface area (Å²) in [6.45, 7) is 2.73. The van der Waals surface area contributed by atoms with E-state index in [4.69, 9.17) is 4.74 Å². The van der Waals surface area contributed by atoms with E-state index in [0.717, 1.165) is 25.2 Å². The predicted molar refractivity (Wildman–Crippen MR) is 94.0 cm³/mol. The van der Waals surface area contributed by atoms with Crippen LogP contribution >= 0.6 is 12.4 Å². The van der Waals surface area contributed by atoms with Crippen molar-refractivity contribution >= 4 is 18.3 Å². The average Bonchev–Trinajstić information content (AvgIpc) is 2.61. The topological polar surface area (TPSA) is 41.6 Å². The second kappa shape index (κ2) is 8.42. The Labute approximate surface area is 155 Å². The highest BCUT2D eigenvalue weighted by Crippen LogP contribution is 2.32. The van der Waals surface area contributed by atoms with Crippen molar-refractivity contribution in [2.45, 2.75) is 6.18 Å². The van der Waals surface area contributed by atoms with E-state index >= 15 is 0 Å². The first-order valence-electron chi connectivity index (χ1n) is 7.89. The number of hydrogen-bond acceptors (Lipinski definition) is 3. The van der Waals surface area contributed by atoms with Gasteiger partial charge in [0.2, 0.25) is 0 Å². The van der Waals surface area contributed by atoms with E-state index in [2.05, 4.69) is 5.32 Å². The van der Waals surface area contributed by atoms with Crippen molar-refractivity contribution in [2.75, 3.05) is 26.2 Å². The first-order valence-corrected chi connectivity index (χ1v) is 7.89. The molecular formula is C18H18ClF3N2O2. The molecule has 8 heteroatoms. The number of piperazine rings is 1. The van der Waals surface area contributed by atoms with Crippen LogP contribution in [0.25, 0.3) is 0 Å². The molecule has 1 fully saturated rings. The van der Waals surface area contributed by atoms with E-state index in [1.165, 1.54) is 12.1 Å². The molecule has 0 aliphatic carbocycles. The molecule has 3 rings (SSSR count). The van der Waals surface area contributed by atoms with Crippen LogP contribution in [0.4, 0.5) is 13.2 Å². The first kappa shape index (κ1) is 20.1. The fourth-order valence-electron chi connectivity index (χ4n) is 2.62. The van der Waals surface area contributed by atoms with E-state index < -0.39 is 11.7 Å². The summed E-state index contributed by atoms with van der Waals surface area (Å²) in [6, 6.07) is 11.1. The Morgan fingerprint density at radius 1 is 1.00 bits per heavy atom. The molecule has 0 aromatic heterocycles. The summed E-state index contributed by atoms with van der Waals surface area (Å²) >= 11 is 0. The standard InChI is InChI=1S/C18H17F3N2O2.ClH/c19-18(20,21)14-4-2-6-16(12-14)25-15-5-1-3-13(11-15)17(24)23-9-7-22-8-10-23;/h1-6,11-12,22H,7-10H2;1H. The molecule has 0 bridgehead atoms. The zero-order valence-electron chi connectivity index (χ0n) is 13.8. The van der Waals surface area contributed by atoms with Gasteiger partial charge >= 0.3 is 6.18 Å². The summed E-state index contributed by atoms with van der Waals surface area (Å²) in [5.41, 5.74) is -0.329. The van der Waals surface area contributed by atoms with Crippen molar-refractivity contribution in [3.8, 4) is 11.5 Å². The summed E-state index contributed by atoms with van der Waals surface area (Å²) < 4.78 is 43.8. The molecule has 26 heavy (non-hydrogen) atoms. The molecule has 0 radical (unpaired) electrons. The van der Waals surface area contributed by atoms with Crippen LogP contribution in [0, 0.1) is 0 Å². The molecule has 1 amide bonds.